The SMILES string of the molecule is CCc1cc(C(=O)N2CCCC(C(=O)O)C2)n(CC)n1. The summed E-state index contributed by atoms with van der Waals surface area (Å²) >= 11 is 0. The first-order valence-corrected chi connectivity index (χ1v) is 7.15. The number of carboxylic acids is 1. The molecule has 1 N–H and O–H groups in total. The predicted octanol–water partition coefficient (Wildman–Crippen LogP) is 1.40. The fraction of sp³-hybridized carbons (Fsp3) is 0.643. The van der Waals surface area contributed by atoms with E-state index in [-0.39, 0.29) is 5.91 Å². The summed E-state index contributed by atoms with van der Waals surface area (Å²) in [4.78, 5) is 25.3. The highest BCUT2D eigenvalue weighted by Gasteiger charge is 2.30. The molecule has 2 heterocycles. The van der Waals surface area contributed by atoms with Crippen molar-refractivity contribution in [3.63, 3.8) is 0 Å². The first kappa shape index (κ1) is 14.6. The first-order valence-electron chi connectivity index (χ1n) is 7.15. The highest BCUT2D eigenvalue weighted by atomic mass is 16.4. The van der Waals surface area contributed by atoms with Gasteiger partial charge in [-0.3, -0.25) is 14.3 Å². The van der Waals surface area contributed by atoms with Crippen LogP contribution >= 0.6 is 0 Å². The zero-order valence-corrected chi connectivity index (χ0v) is 12.0. The third-order valence-corrected chi connectivity index (χ3v) is 3.77. The van der Waals surface area contributed by atoms with Crippen LogP contribution in [0.15, 0.2) is 6.07 Å². The van der Waals surface area contributed by atoms with Crippen molar-refractivity contribution in [3.8, 4) is 0 Å². The second-order valence-electron chi connectivity index (χ2n) is 5.12. The first-order chi connectivity index (χ1) is 9.56. The molecule has 1 amide bonds. The number of hydrogen-bond donors (Lipinski definition) is 1. The molecule has 0 saturated carbocycles. The van der Waals surface area contributed by atoms with Crippen LogP contribution in [0.1, 0.15) is 42.9 Å². The summed E-state index contributed by atoms with van der Waals surface area (Å²) in [7, 11) is 0. The third-order valence-electron chi connectivity index (χ3n) is 3.77. The highest BCUT2D eigenvalue weighted by Crippen LogP contribution is 2.19. The summed E-state index contributed by atoms with van der Waals surface area (Å²) in [6, 6.07) is 1.82. The lowest BCUT2D eigenvalue weighted by atomic mass is 9.98. The van der Waals surface area contributed by atoms with E-state index in [9.17, 15) is 9.59 Å². The van der Waals surface area contributed by atoms with Gasteiger partial charge < -0.3 is 10.0 Å². The lowest BCUT2D eigenvalue weighted by Crippen LogP contribution is -2.43. The molecule has 0 aromatic carbocycles. The Bertz CT molecular complexity index is 510. The molecular weight excluding hydrogens is 258 g/mol. The van der Waals surface area contributed by atoms with Gasteiger partial charge in [0.2, 0.25) is 0 Å². The maximum Gasteiger partial charge on any atom is 0.308 e. The lowest BCUT2D eigenvalue weighted by molar-refractivity contribution is -0.143. The fourth-order valence-corrected chi connectivity index (χ4v) is 2.58. The summed E-state index contributed by atoms with van der Waals surface area (Å²) in [6.07, 6.45) is 2.17. The predicted molar refractivity (Wildman–Crippen MR) is 73.5 cm³/mol. The highest BCUT2D eigenvalue weighted by molar-refractivity contribution is 5.93. The second kappa shape index (κ2) is 6.07. The number of carbonyl (C=O) groups excluding carboxylic acids is 1. The smallest absolute Gasteiger partial charge is 0.308 e. The Balaban J connectivity index is 2.18. The largest absolute Gasteiger partial charge is 0.481 e. The number of carboxylic acid groups (broad SMARTS) is 1. The quantitative estimate of drug-likeness (QED) is 0.904. The molecule has 1 aromatic heterocycles. The number of aryl methyl sites for hydroxylation is 2. The van der Waals surface area contributed by atoms with Crippen molar-refractivity contribution >= 4 is 11.9 Å². The van der Waals surface area contributed by atoms with E-state index in [0.29, 0.717) is 31.7 Å². The Hall–Kier alpha value is -1.85. The number of likely N-dealkylation sites (tertiary alicyclic amines) is 1. The van der Waals surface area contributed by atoms with Crippen LogP contribution in [0.4, 0.5) is 0 Å². The van der Waals surface area contributed by atoms with Crippen LogP contribution in [-0.2, 0) is 17.8 Å². The van der Waals surface area contributed by atoms with Gasteiger partial charge in [-0.2, -0.15) is 5.10 Å². The van der Waals surface area contributed by atoms with Gasteiger partial charge in [0.1, 0.15) is 5.69 Å². The molecule has 0 radical (unpaired) electrons. The van der Waals surface area contributed by atoms with Gasteiger partial charge in [0.15, 0.2) is 0 Å². The van der Waals surface area contributed by atoms with Crippen LogP contribution in [0.3, 0.4) is 0 Å². The Labute approximate surface area is 118 Å². The third kappa shape index (κ3) is 2.84. The molecule has 1 aromatic rings. The number of hydrogen-bond acceptors (Lipinski definition) is 3. The van der Waals surface area contributed by atoms with Gasteiger partial charge in [-0.05, 0) is 32.3 Å². The Morgan fingerprint density at radius 3 is 2.80 bits per heavy atom. The normalized spacial score (nSPS) is 19.1. The molecule has 0 aliphatic carbocycles. The van der Waals surface area contributed by atoms with Crippen LogP contribution in [-0.4, -0.2) is 44.8 Å². The van der Waals surface area contributed by atoms with Crippen molar-refractivity contribution in [1.29, 1.82) is 0 Å². The van der Waals surface area contributed by atoms with Gasteiger partial charge in [-0.1, -0.05) is 6.92 Å². The van der Waals surface area contributed by atoms with E-state index < -0.39 is 11.9 Å². The number of nitrogens with zero attached hydrogens (tertiary/aromatic N) is 3. The minimum absolute atomic E-state index is 0.106. The van der Waals surface area contributed by atoms with Crippen molar-refractivity contribution < 1.29 is 14.7 Å². The number of aromatic nitrogens is 2. The topological polar surface area (TPSA) is 75.4 Å². The van der Waals surface area contributed by atoms with Crippen molar-refractivity contribution in [2.24, 2.45) is 5.92 Å². The molecule has 1 saturated heterocycles. The van der Waals surface area contributed by atoms with Crippen LogP contribution < -0.4 is 0 Å². The van der Waals surface area contributed by atoms with Crippen molar-refractivity contribution in [1.82, 2.24) is 14.7 Å². The van der Waals surface area contributed by atoms with Crippen LogP contribution in [0.5, 0.6) is 0 Å². The van der Waals surface area contributed by atoms with Crippen LogP contribution in [0, 0.1) is 5.92 Å². The van der Waals surface area contributed by atoms with Gasteiger partial charge in [0.25, 0.3) is 5.91 Å². The van der Waals surface area contributed by atoms with E-state index >= 15 is 0 Å². The number of piperidine rings is 1. The van der Waals surface area contributed by atoms with E-state index in [0.717, 1.165) is 18.5 Å². The molecule has 20 heavy (non-hydrogen) atoms. The fourth-order valence-electron chi connectivity index (χ4n) is 2.58. The number of carbonyl (C=O) groups is 2. The molecule has 6 nitrogen and oxygen atoms in total. The molecule has 1 unspecified atom stereocenters. The molecule has 0 bridgehead atoms. The van der Waals surface area contributed by atoms with E-state index in [2.05, 4.69) is 5.10 Å². The van der Waals surface area contributed by atoms with E-state index in [1.165, 1.54) is 0 Å². The average Bonchev–Trinajstić information content (AvgIpc) is 2.90. The molecule has 1 aliphatic rings. The summed E-state index contributed by atoms with van der Waals surface area (Å²) in [5.74, 6) is -1.37. The number of aliphatic carboxylic acids is 1. The molecule has 1 aliphatic heterocycles. The van der Waals surface area contributed by atoms with Gasteiger partial charge in [0.05, 0.1) is 11.6 Å². The Kier molecular flexibility index (Phi) is 4.42. The minimum Gasteiger partial charge on any atom is -0.481 e. The molecular formula is C14H21N3O3. The molecule has 2 rings (SSSR count). The van der Waals surface area contributed by atoms with E-state index in [4.69, 9.17) is 5.11 Å². The van der Waals surface area contributed by atoms with E-state index in [1.54, 1.807) is 9.58 Å². The Morgan fingerprint density at radius 1 is 1.45 bits per heavy atom. The Morgan fingerprint density at radius 2 is 2.20 bits per heavy atom. The second-order valence-corrected chi connectivity index (χ2v) is 5.12. The zero-order valence-electron chi connectivity index (χ0n) is 12.0. The average molecular weight is 279 g/mol. The summed E-state index contributed by atoms with van der Waals surface area (Å²) < 4.78 is 1.70. The minimum atomic E-state index is -0.819. The van der Waals surface area contributed by atoms with Gasteiger partial charge >= 0.3 is 5.97 Å². The van der Waals surface area contributed by atoms with Gasteiger partial charge in [-0.15, -0.1) is 0 Å². The van der Waals surface area contributed by atoms with Crippen molar-refractivity contribution in [3.05, 3.63) is 17.5 Å². The summed E-state index contributed by atoms with van der Waals surface area (Å²) in [5.41, 5.74) is 1.46. The van der Waals surface area contributed by atoms with Crippen LogP contribution in [0.2, 0.25) is 0 Å². The van der Waals surface area contributed by atoms with Crippen molar-refractivity contribution in [2.75, 3.05) is 13.1 Å². The van der Waals surface area contributed by atoms with Gasteiger partial charge in [-0.25, -0.2) is 0 Å². The van der Waals surface area contributed by atoms with Crippen molar-refractivity contribution in [2.45, 2.75) is 39.7 Å². The molecule has 110 valence electrons. The van der Waals surface area contributed by atoms with Gasteiger partial charge in [0, 0.05) is 19.6 Å². The maximum atomic E-state index is 12.5. The summed E-state index contributed by atoms with van der Waals surface area (Å²) in [6.45, 7) is 5.50. The molecule has 1 atom stereocenters. The number of amides is 1. The molecule has 6 heteroatoms. The molecule has 1 fully saturated rings. The number of rotatable bonds is 4. The maximum absolute atomic E-state index is 12.5. The molecule has 0 spiro atoms. The standard InChI is InChI=1S/C14H21N3O3/c1-3-11-8-12(17(4-2)15-11)13(18)16-7-5-6-10(9-16)14(19)20/h8,10H,3-7,9H2,1-2H3,(H,19,20). The van der Waals surface area contributed by atoms with E-state index in [1.807, 2.05) is 19.9 Å². The summed E-state index contributed by atoms with van der Waals surface area (Å²) in [5, 5.41) is 13.5. The monoisotopic (exact) mass is 279 g/mol. The zero-order chi connectivity index (χ0) is 14.7. The van der Waals surface area contributed by atoms with Crippen LogP contribution in [0.25, 0.3) is 0 Å². The lowest BCUT2D eigenvalue weighted by Gasteiger charge is -2.30.